The van der Waals surface area contributed by atoms with E-state index in [9.17, 15) is 0 Å². The summed E-state index contributed by atoms with van der Waals surface area (Å²) >= 11 is 5.91. The van der Waals surface area contributed by atoms with E-state index in [1.165, 1.54) is 0 Å². The van der Waals surface area contributed by atoms with E-state index in [4.69, 9.17) is 16.3 Å². The van der Waals surface area contributed by atoms with E-state index < -0.39 is 0 Å². The molecule has 0 amide bonds. The molecule has 0 saturated carbocycles. The van der Waals surface area contributed by atoms with Gasteiger partial charge in [-0.05, 0) is 37.6 Å². The standard InChI is InChI=1S/C15H18ClN3O/c1-10-8-9-17-15(18-10)19-11(2)14(20-3)12-4-6-13(16)7-5-12/h4-9,11,14H,1-3H3,(H,17,18,19). The van der Waals surface area contributed by atoms with Crippen LogP contribution in [0.3, 0.4) is 0 Å². The number of anilines is 1. The molecule has 20 heavy (non-hydrogen) atoms. The molecular formula is C15H18ClN3O. The zero-order chi connectivity index (χ0) is 14.5. The minimum absolute atomic E-state index is 0.0305. The summed E-state index contributed by atoms with van der Waals surface area (Å²) in [6, 6.07) is 9.54. The first-order valence-corrected chi connectivity index (χ1v) is 6.82. The van der Waals surface area contributed by atoms with Gasteiger partial charge in [0.2, 0.25) is 5.95 Å². The minimum atomic E-state index is -0.101. The fourth-order valence-electron chi connectivity index (χ4n) is 2.08. The number of aromatic nitrogens is 2. The second-order valence-corrected chi connectivity index (χ2v) is 5.10. The third-order valence-corrected chi connectivity index (χ3v) is 3.31. The SMILES string of the molecule is COC(c1ccc(Cl)cc1)C(C)Nc1nccc(C)n1. The zero-order valence-corrected chi connectivity index (χ0v) is 12.6. The Kier molecular flexibility index (Phi) is 4.93. The van der Waals surface area contributed by atoms with Crippen molar-refractivity contribution < 1.29 is 4.74 Å². The summed E-state index contributed by atoms with van der Waals surface area (Å²) in [5.41, 5.74) is 1.99. The van der Waals surface area contributed by atoms with Gasteiger partial charge in [0.15, 0.2) is 0 Å². The van der Waals surface area contributed by atoms with Crippen molar-refractivity contribution in [3.05, 3.63) is 52.8 Å². The molecule has 106 valence electrons. The van der Waals surface area contributed by atoms with Crippen LogP contribution in [0.2, 0.25) is 5.02 Å². The number of hydrogen-bond donors (Lipinski definition) is 1. The van der Waals surface area contributed by atoms with Crippen LogP contribution in [0.25, 0.3) is 0 Å². The molecule has 1 N–H and O–H groups in total. The van der Waals surface area contributed by atoms with E-state index in [1.54, 1.807) is 13.3 Å². The second kappa shape index (κ2) is 6.68. The highest BCUT2D eigenvalue weighted by Gasteiger charge is 2.19. The lowest BCUT2D eigenvalue weighted by Crippen LogP contribution is -2.26. The van der Waals surface area contributed by atoms with Crippen molar-refractivity contribution in [2.75, 3.05) is 12.4 Å². The number of aryl methyl sites for hydroxylation is 1. The molecule has 0 bridgehead atoms. The first kappa shape index (κ1) is 14.8. The minimum Gasteiger partial charge on any atom is -0.375 e. The van der Waals surface area contributed by atoms with E-state index in [0.29, 0.717) is 11.0 Å². The van der Waals surface area contributed by atoms with Gasteiger partial charge in [-0.3, -0.25) is 0 Å². The molecule has 0 aliphatic heterocycles. The maximum atomic E-state index is 5.91. The third-order valence-electron chi connectivity index (χ3n) is 3.06. The average Bonchev–Trinajstić information content (AvgIpc) is 2.42. The van der Waals surface area contributed by atoms with Crippen molar-refractivity contribution in [1.82, 2.24) is 9.97 Å². The van der Waals surface area contributed by atoms with Gasteiger partial charge in [-0.15, -0.1) is 0 Å². The Morgan fingerprint density at radius 3 is 2.50 bits per heavy atom. The van der Waals surface area contributed by atoms with E-state index >= 15 is 0 Å². The molecule has 1 aromatic heterocycles. The van der Waals surface area contributed by atoms with Crippen LogP contribution < -0.4 is 5.32 Å². The molecule has 2 aromatic rings. The Labute approximate surface area is 124 Å². The Morgan fingerprint density at radius 1 is 1.20 bits per heavy atom. The number of nitrogens with zero attached hydrogens (tertiary/aromatic N) is 2. The van der Waals surface area contributed by atoms with Gasteiger partial charge < -0.3 is 10.1 Å². The normalized spacial score (nSPS) is 13.8. The Hall–Kier alpha value is -1.65. The molecule has 5 heteroatoms. The van der Waals surface area contributed by atoms with Gasteiger partial charge in [0.1, 0.15) is 6.10 Å². The van der Waals surface area contributed by atoms with Gasteiger partial charge in [0.25, 0.3) is 0 Å². The summed E-state index contributed by atoms with van der Waals surface area (Å²) < 4.78 is 5.58. The predicted octanol–water partition coefficient (Wildman–Crippen LogP) is 3.63. The lowest BCUT2D eigenvalue weighted by molar-refractivity contribution is 0.0905. The molecule has 4 nitrogen and oxygen atoms in total. The Morgan fingerprint density at radius 2 is 1.90 bits per heavy atom. The maximum absolute atomic E-state index is 5.91. The van der Waals surface area contributed by atoms with Crippen LogP contribution in [0.15, 0.2) is 36.5 Å². The number of benzene rings is 1. The van der Waals surface area contributed by atoms with Gasteiger partial charge in [-0.1, -0.05) is 23.7 Å². The smallest absolute Gasteiger partial charge is 0.223 e. The van der Waals surface area contributed by atoms with E-state index in [0.717, 1.165) is 11.3 Å². The summed E-state index contributed by atoms with van der Waals surface area (Å²) in [4.78, 5) is 8.54. The highest BCUT2D eigenvalue weighted by molar-refractivity contribution is 6.30. The molecular weight excluding hydrogens is 274 g/mol. The maximum Gasteiger partial charge on any atom is 0.223 e. The fraction of sp³-hybridized carbons (Fsp3) is 0.333. The number of hydrogen-bond acceptors (Lipinski definition) is 4. The van der Waals surface area contributed by atoms with Crippen LogP contribution in [0.1, 0.15) is 24.3 Å². The monoisotopic (exact) mass is 291 g/mol. The van der Waals surface area contributed by atoms with Crippen LogP contribution in [-0.2, 0) is 4.74 Å². The molecule has 1 aromatic carbocycles. The van der Waals surface area contributed by atoms with Crippen LogP contribution in [0.5, 0.6) is 0 Å². The van der Waals surface area contributed by atoms with Crippen LogP contribution in [0, 0.1) is 6.92 Å². The largest absolute Gasteiger partial charge is 0.375 e. The first-order valence-electron chi connectivity index (χ1n) is 6.44. The average molecular weight is 292 g/mol. The van der Waals surface area contributed by atoms with Crippen LogP contribution in [0.4, 0.5) is 5.95 Å². The number of ether oxygens (including phenoxy) is 1. The van der Waals surface area contributed by atoms with Crippen molar-refractivity contribution in [2.45, 2.75) is 26.0 Å². The second-order valence-electron chi connectivity index (χ2n) is 4.66. The topological polar surface area (TPSA) is 47.0 Å². The summed E-state index contributed by atoms with van der Waals surface area (Å²) in [7, 11) is 1.69. The molecule has 2 atom stereocenters. The summed E-state index contributed by atoms with van der Waals surface area (Å²) in [6.45, 7) is 3.97. The van der Waals surface area contributed by atoms with Crippen molar-refractivity contribution in [3.8, 4) is 0 Å². The van der Waals surface area contributed by atoms with Crippen molar-refractivity contribution in [3.63, 3.8) is 0 Å². The molecule has 2 rings (SSSR count). The molecule has 0 aliphatic rings. The van der Waals surface area contributed by atoms with Gasteiger partial charge in [0.05, 0.1) is 6.04 Å². The van der Waals surface area contributed by atoms with Crippen LogP contribution in [-0.4, -0.2) is 23.1 Å². The Bertz CT molecular complexity index is 559. The summed E-state index contributed by atoms with van der Waals surface area (Å²) in [5.74, 6) is 0.605. The van der Waals surface area contributed by atoms with Gasteiger partial charge in [-0.2, -0.15) is 0 Å². The van der Waals surface area contributed by atoms with Crippen molar-refractivity contribution in [1.29, 1.82) is 0 Å². The number of methoxy groups -OCH3 is 1. The molecule has 0 saturated heterocycles. The molecule has 1 heterocycles. The van der Waals surface area contributed by atoms with Gasteiger partial charge in [-0.25, -0.2) is 9.97 Å². The Balaban J connectivity index is 2.13. The van der Waals surface area contributed by atoms with E-state index in [-0.39, 0.29) is 12.1 Å². The third kappa shape index (κ3) is 3.68. The van der Waals surface area contributed by atoms with E-state index in [2.05, 4.69) is 15.3 Å². The molecule has 0 radical (unpaired) electrons. The summed E-state index contributed by atoms with van der Waals surface area (Å²) in [6.07, 6.45) is 1.64. The summed E-state index contributed by atoms with van der Waals surface area (Å²) in [5, 5.41) is 3.98. The predicted molar refractivity (Wildman–Crippen MR) is 81.1 cm³/mol. The van der Waals surface area contributed by atoms with Crippen molar-refractivity contribution in [2.24, 2.45) is 0 Å². The number of halogens is 1. The molecule has 0 spiro atoms. The molecule has 0 aliphatic carbocycles. The molecule has 2 unspecified atom stereocenters. The van der Waals surface area contributed by atoms with E-state index in [1.807, 2.05) is 44.2 Å². The number of rotatable bonds is 5. The molecule has 0 fully saturated rings. The lowest BCUT2D eigenvalue weighted by Gasteiger charge is -2.24. The highest BCUT2D eigenvalue weighted by atomic mass is 35.5. The first-order chi connectivity index (χ1) is 9.60. The lowest BCUT2D eigenvalue weighted by atomic mass is 10.0. The number of nitrogens with one attached hydrogen (secondary N) is 1. The zero-order valence-electron chi connectivity index (χ0n) is 11.8. The van der Waals surface area contributed by atoms with Gasteiger partial charge >= 0.3 is 0 Å². The van der Waals surface area contributed by atoms with Crippen molar-refractivity contribution >= 4 is 17.5 Å². The quantitative estimate of drug-likeness (QED) is 0.914. The fourth-order valence-corrected chi connectivity index (χ4v) is 2.21. The highest BCUT2D eigenvalue weighted by Crippen LogP contribution is 2.24. The van der Waals surface area contributed by atoms with Crippen LogP contribution >= 0.6 is 11.6 Å². The van der Waals surface area contributed by atoms with Gasteiger partial charge in [0, 0.05) is 24.0 Å².